The Balaban J connectivity index is 1.69. The van der Waals surface area contributed by atoms with Crippen molar-refractivity contribution in [1.29, 1.82) is 0 Å². The number of benzene rings is 1. The van der Waals surface area contributed by atoms with Gasteiger partial charge in [-0.15, -0.1) is 0 Å². The summed E-state index contributed by atoms with van der Waals surface area (Å²) in [5.41, 5.74) is 4.17. The number of aliphatic hydroxyl groups is 2. The summed E-state index contributed by atoms with van der Waals surface area (Å²) in [6, 6.07) is 5.57. The monoisotopic (exact) mass is 414 g/mol. The van der Waals surface area contributed by atoms with E-state index in [4.69, 9.17) is 21.4 Å². The highest BCUT2D eigenvalue weighted by molar-refractivity contribution is 6.31. The van der Waals surface area contributed by atoms with Gasteiger partial charge in [0, 0.05) is 34.6 Å². The van der Waals surface area contributed by atoms with Crippen LogP contribution in [-0.2, 0) is 16.0 Å². The zero-order valence-corrected chi connectivity index (χ0v) is 16.6. The van der Waals surface area contributed by atoms with Crippen LogP contribution in [0.2, 0.25) is 5.02 Å². The minimum absolute atomic E-state index is 0.0379. The standard InChI is InChI=1S/C22H23ClN2O4/c23-15-5-7-20-19(10-15)18-8-9-25(13-27)22(21(18)24-20)14-2-1-3-17(6-4-14)29-12-16(28)11-26/h1-2,4-7,10,13,16,22,24,26,28H,3,8-9,11-12H2. The number of aromatic nitrogens is 1. The molecular weight excluding hydrogens is 392 g/mol. The number of rotatable bonds is 6. The molecule has 0 spiro atoms. The maximum absolute atomic E-state index is 11.8. The van der Waals surface area contributed by atoms with Gasteiger partial charge in [-0.3, -0.25) is 4.79 Å². The van der Waals surface area contributed by atoms with Crippen LogP contribution in [0.3, 0.4) is 0 Å². The zero-order chi connectivity index (χ0) is 20.4. The molecule has 2 unspecified atom stereocenters. The molecule has 2 heterocycles. The number of amides is 1. The Hall–Kier alpha value is -2.54. The number of aromatic amines is 1. The minimum atomic E-state index is -0.906. The van der Waals surface area contributed by atoms with E-state index in [1.165, 1.54) is 5.56 Å². The van der Waals surface area contributed by atoms with Crippen molar-refractivity contribution in [2.24, 2.45) is 0 Å². The van der Waals surface area contributed by atoms with E-state index in [0.717, 1.165) is 35.0 Å². The van der Waals surface area contributed by atoms with E-state index < -0.39 is 6.10 Å². The highest BCUT2D eigenvalue weighted by Crippen LogP contribution is 2.39. The van der Waals surface area contributed by atoms with Crippen molar-refractivity contribution in [3.63, 3.8) is 0 Å². The lowest BCUT2D eigenvalue weighted by Crippen LogP contribution is -2.35. The number of ether oxygens (including phenoxy) is 1. The summed E-state index contributed by atoms with van der Waals surface area (Å²) in [6.07, 6.45) is 9.11. The lowest BCUT2D eigenvalue weighted by Gasteiger charge is -2.33. The van der Waals surface area contributed by atoms with Gasteiger partial charge < -0.3 is 24.8 Å². The number of H-pyrrole nitrogens is 1. The number of nitrogens with zero attached hydrogens (tertiary/aromatic N) is 1. The van der Waals surface area contributed by atoms with Crippen molar-refractivity contribution < 1.29 is 19.7 Å². The zero-order valence-electron chi connectivity index (χ0n) is 15.8. The number of hydrogen-bond acceptors (Lipinski definition) is 4. The molecule has 2 aromatic rings. The van der Waals surface area contributed by atoms with Crippen LogP contribution >= 0.6 is 11.6 Å². The summed E-state index contributed by atoms with van der Waals surface area (Å²) in [7, 11) is 0. The third kappa shape index (κ3) is 3.96. The first-order chi connectivity index (χ1) is 14.1. The van der Waals surface area contributed by atoms with Crippen LogP contribution in [0.1, 0.15) is 23.7 Å². The molecular formula is C22H23ClN2O4. The van der Waals surface area contributed by atoms with Gasteiger partial charge in [0.2, 0.25) is 6.41 Å². The summed E-state index contributed by atoms with van der Waals surface area (Å²) < 4.78 is 5.58. The molecule has 1 aliphatic carbocycles. The van der Waals surface area contributed by atoms with Gasteiger partial charge in [-0.05, 0) is 41.8 Å². The fourth-order valence-electron chi connectivity index (χ4n) is 3.92. The van der Waals surface area contributed by atoms with Gasteiger partial charge in [0.05, 0.1) is 18.4 Å². The van der Waals surface area contributed by atoms with Gasteiger partial charge in [-0.1, -0.05) is 29.8 Å². The first-order valence-electron chi connectivity index (χ1n) is 9.60. The van der Waals surface area contributed by atoms with E-state index >= 15 is 0 Å². The van der Waals surface area contributed by atoms with Gasteiger partial charge >= 0.3 is 0 Å². The van der Waals surface area contributed by atoms with Crippen LogP contribution in [0.25, 0.3) is 10.9 Å². The van der Waals surface area contributed by atoms with E-state index in [1.54, 1.807) is 4.90 Å². The van der Waals surface area contributed by atoms with Gasteiger partial charge in [0.1, 0.15) is 12.7 Å². The third-order valence-electron chi connectivity index (χ3n) is 5.34. The molecule has 0 saturated carbocycles. The number of aliphatic hydroxyl groups excluding tert-OH is 2. The number of nitrogens with one attached hydrogen (secondary N) is 1. The number of carbonyl (C=O) groups excluding carboxylic acids is 1. The van der Waals surface area contributed by atoms with Crippen LogP contribution in [0.4, 0.5) is 0 Å². The van der Waals surface area contributed by atoms with Crippen LogP contribution in [0.5, 0.6) is 0 Å². The molecule has 2 aliphatic rings. The molecule has 0 radical (unpaired) electrons. The van der Waals surface area contributed by atoms with E-state index in [1.807, 2.05) is 42.5 Å². The molecule has 152 valence electrons. The van der Waals surface area contributed by atoms with Crippen LogP contribution in [-0.4, -0.2) is 52.4 Å². The number of halogens is 1. The minimum Gasteiger partial charge on any atom is -0.495 e. The maximum atomic E-state index is 11.8. The average Bonchev–Trinajstić information content (AvgIpc) is 2.93. The fraction of sp³-hybridized carbons (Fsp3) is 0.318. The second-order valence-corrected chi connectivity index (χ2v) is 7.69. The molecule has 4 rings (SSSR count). The number of fused-ring (bicyclic) bond motifs is 3. The summed E-state index contributed by atoms with van der Waals surface area (Å²) in [5.74, 6) is 0.695. The summed E-state index contributed by atoms with van der Waals surface area (Å²) >= 11 is 6.20. The normalized spacial score (nSPS) is 20.0. The number of allylic oxidation sites excluding steroid dienone is 3. The number of hydrogen-bond donors (Lipinski definition) is 3. The molecule has 3 N–H and O–H groups in total. The SMILES string of the molecule is O=CN1CCc2c([nH]c3ccc(Cl)cc23)C1C1=CC=C(OCC(O)CO)CC=C1. The van der Waals surface area contributed by atoms with Crippen molar-refractivity contribution in [2.75, 3.05) is 19.8 Å². The quantitative estimate of drug-likeness (QED) is 0.634. The molecule has 1 amide bonds. The highest BCUT2D eigenvalue weighted by Gasteiger charge is 2.31. The predicted octanol–water partition coefficient (Wildman–Crippen LogP) is 3.02. The second kappa shape index (κ2) is 8.45. The molecule has 1 aliphatic heterocycles. The van der Waals surface area contributed by atoms with Crippen molar-refractivity contribution in [2.45, 2.75) is 25.0 Å². The third-order valence-corrected chi connectivity index (χ3v) is 5.58. The fourth-order valence-corrected chi connectivity index (χ4v) is 4.09. The molecule has 2 atom stereocenters. The molecule has 0 fully saturated rings. The Kier molecular flexibility index (Phi) is 5.76. The molecule has 0 saturated heterocycles. The van der Waals surface area contributed by atoms with Crippen LogP contribution < -0.4 is 0 Å². The molecule has 1 aromatic carbocycles. The summed E-state index contributed by atoms with van der Waals surface area (Å²) in [4.78, 5) is 17.1. The van der Waals surface area contributed by atoms with Crippen molar-refractivity contribution >= 4 is 28.9 Å². The molecule has 29 heavy (non-hydrogen) atoms. The number of carbonyl (C=O) groups is 1. The Morgan fingerprint density at radius 1 is 1.38 bits per heavy atom. The molecule has 6 nitrogen and oxygen atoms in total. The lowest BCUT2D eigenvalue weighted by atomic mass is 9.92. The van der Waals surface area contributed by atoms with E-state index in [2.05, 4.69) is 4.98 Å². The van der Waals surface area contributed by atoms with E-state index in [9.17, 15) is 9.90 Å². The predicted molar refractivity (Wildman–Crippen MR) is 111 cm³/mol. The van der Waals surface area contributed by atoms with Gasteiger partial charge in [-0.2, -0.15) is 0 Å². The van der Waals surface area contributed by atoms with Gasteiger partial charge in [0.15, 0.2) is 0 Å². The second-order valence-electron chi connectivity index (χ2n) is 7.26. The smallest absolute Gasteiger partial charge is 0.210 e. The Morgan fingerprint density at radius 2 is 2.24 bits per heavy atom. The van der Waals surface area contributed by atoms with Crippen molar-refractivity contribution in [1.82, 2.24) is 9.88 Å². The van der Waals surface area contributed by atoms with Gasteiger partial charge in [-0.25, -0.2) is 0 Å². The Bertz CT molecular complexity index is 1010. The van der Waals surface area contributed by atoms with Crippen LogP contribution in [0, 0.1) is 0 Å². The Morgan fingerprint density at radius 3 is 3.03 bits per heavy atom. The van der Waals surface area contributed by atoms with Crippen LogP contribution in [0.15, 0.2) is 53.8 Å². The molecule has 1 aromatic heterocycles. The van der Waals surface area contributed by atoms with Gasteiger partial charge in [0.25, 0.3) is 0 Å². The van der Waals surface area contributed by atoms with Crippen molar-refractivity contribution in [3.8, 4) is 0 Å². The molecule has 7 heteroatoms. The lowest BCUT2D eigenvalue weighted by molar-refractivity contribution is -0.120. The maximum Gasteiger partial charge on any atom is 0.210 e. The van der Waals surface area contributed by atoms with Crippen molar-refractivity contribution in [3.05, 3.63) is 70.1 Å². The average molecular weight is 415 g/mol. The summed E-state index contributed by atoms with van der Waals surface area (Å²) in [5, 5.41) is 20.2. The van der Waals surface area contributed by atoms with E-state index in [0.29, 0.717) is 23.7 Å². The first kappa shape index (κ1) is 19.8. The first-order valence-corrected chi connectivity index (χ1v) is 9.98. The summed E-state index contributed by atoms with van der Waals surface area (Å²) in [6.45, 7) is 0.325. The van der Waals surface area contributed by atoms with E-state index in [-0.39, 0.29) is 19.3 Å². The molecule has 0 bridgehead atoms. The highest BCUT2D eigenvalue weighted by atomic mass is 35.5. The topological polar surface area (TPSA) is 85.8 Å². The largest absolute Gasteiger partial charge is 0.495 e. The Labute approximate surface area is 173 Å².